The first-order chi connectivity index (χ1) is 13.6. The van der Waals surface area contributed by atoms with Crippen molar-refractivity contribution in [3.05, 3.63) is 52.6 Å². The van der Waals surface area contributed by atoms with E-state index < -0.39 is 0 Å². The van der Waals surface area contributed by atoms with Crippen molar-refractivity contribution in [3.63, 3.8) is 0 Å². The number of carbonyl (C=O) groups is 1. The van der Waals surface area contributed by atoms with Crippen molar-refractivity contribution >= 4 is 5.91 Å². The van der Waals surface area contributed by atoms with Gasteiger partial charge in [-0.1, -0.05) is 0 Å². The van der Waals surface area contributed by atoms with Gasteiger partial charge in [0.25, 0.3) is 5.91 Å². The Labute approximate surface area is 165 Å². The Kier molecular flexibility index (Phi) is 4.31. The van der Waals surface area contributed by atoms with Gasteiger partial charge in [-0.2, -0.15) is 0 Å². The van der Waals surface area contributed by atoms with Gasteiger partial charge >= 0.3 is 0 Å². The van der Waals surface area contributed by atoms with Crippen LogP contribution in [-0.4, -0.2) is 51.9 Å². The van der Waals surface area contributed by atoms with Gasteiger partial charge < -0.3 is 14.5 Å². The van der Waals surface area contributed by atoms with E-state index in [2.05, 4.69) is 23.9 Å². The van der Waals surface area contributed by atoms with Gasteiger partial charge in [-0.25, -0.2) is 9.97 Å². The predicted octanol–water partition coefficient (Wildman–Crippen LogP) is 2.77. The summed E-state index contributed by atoms with van der Waals surface area (Å²) >= 11 is 0. The minimum atomic E-state index is -0.0270. The second-order valence-corrected chi connectivity index (χ2v) is 8.30. The first kappa shape index (κ1) is 17.6. The van der Waals surface area contributed by atoms with E-state index in [9.17, 15) is 4.79 Å². The van der Waals surface area contributed by atoms with Crippen LogP contribution in [0.1, 0.15) is 58.8 Å². The molecule has 3 aliphatic rings. The van der Waals surface area contributed by atoms with Crippen LogP contribution in [0.15, 0.2) is 24.4 Å². The van der Waals surface area contributed by atoms with Crippen molar-refractivity contribution in [2.45, 2.75) is 51.3 Å². The molecular weight excluding hydrogens is 352 g/mol. The quantitative estimate of drug-likeness (QED) is 0.804. The van der Waals surface area contributed by atoms with Crippen LogP contribution < -0.4 is 4.74 Å². The first-order valence-corrected chi connectivity index (χ1v) is 10.2. The number of nitrogens with zero attached hydrogens (tertiary/aromatic N) is 4. The molecule has 1 saturated heterocycles. The van der Waals surface area contributed by atoms with Crippen molar-refractivity contribution < 1.29 is 9.53 Å². The van der Waals surface area contributed by atoms with Gasteiger partial charge in [0.2, 0.25) is 0 Å². The molecule has 146 valence electrons. The van der Waals surface area contributed by atoms with E-state index in [1.807, 2.05) is 29.3 Å². The highest BCUT2D eigenvalue weighted by atomic mass is 16.5. The lowest BCUT2D eigenvalue weighted by atomic mass is 10.1. The standard InChI is InChI=1S/C22H26N4O2/c1-14-10-16-11-15(5-6-20(16)28-14)22(27)26-8-3-4-19(26)21-23-12-17-13-25(2)9-7-18(17)24-21/h5-6,11-12,14,19H,3-4,7-10,13H2,1-2H3/t14-,19+/m0/s1. The lowest BCUT2D eigenvalue weighted by Gasteiger charge is -2.27. The molecule has 1 fully saturated rings. The molecule has 0 spiro atoms. The number of likely N-dealkylation sites (N-methyl/N-ethyl adjacent to an activating group) is 1. The minimum absolute atomic E-state index is 0.0270. The lowest BCUT2D eigenvalue weighted by molar-refractivity contribution is 0.0729. The summed E-state index contributed by atoms with van der Waals surface area (Å²) in [5.41, 5.74) is 4.22. The summed E-state index contributed by atoms with van der Waals surface area (Å²) in [4.78, 5) is 27.0. The average Bonchev–Trinajstić information content (AvgIpc) is 3.32. The zero-order valence-corrected chi connectivity index (χ0v) is 16.5. The average molecular weight is 378 g/mol. The smallest absolute Gasteiger partial charge is 0.254 e. The van der Waals surface area contributed by atoms with Crippen LogP contribution >= 0.6 is 0 Å². The van der Waals surface area contributed by atoms with Crippen molar-refractivity contribution in [1.82, 2.24) is 19.8 Å². The Morgan fingerprint density at radius 2 is 2.14 bits per heavy atom. The first-order valence-electron chi connectivity index (χ1n) is 10.2. The molecule has 0 aliphatic carbocycles. The minimum Gasteiger partial charge on any atom is -0.490 e. The number of benzene rings is 1. The van der Waals surface area contributed by atoms with Gasteiger partial charge in [-0.3, -0.25) is 4.79 Å². The molecule has 1 aromatic heterocycles. The number of amides is 1. The summed E-state index contributed by atoms with van der Waals surface area (Å²) in [6.07, 6.45) is 5.87. The Morgan fingerprint density at radius 1 is 1.25 bits per heavy atom. The summed E-state index contributed by atoms with van der Waals surface area (Å²) < 4.78 is 5.77. The number of rotatable bonds is 2. The summed E-state index contributed by atoms with van der Waals surface area (Å²) in [5, 5.41) is 0. The Hall–Kier alpha value is -2.47. The molecule has 1 aromatic carbocycles. The summed E-state index contributed by atoms with van der Waals surface area (Å²) in [6, 6.07) is 5.79. The summed E-state index contributed by atoms with van der Waals surface area (Å²) in [5.74, 6) is 1.78. The third-order valence-corrected chi connectivity index (χ3v) is 6.10. The number of carbonyl (C=O) groups excluding carboxylic acids is 1. The van der Waals surface area contributed by atoms with E-state index in [-0.39, 0.29) is 18.1 Å². The van der Waals surface area contributed by atoms with Crippen molar-refractivity contribution in [3.8, 4) is 5.75 Å². The van der Waals surface area contributed by atoms with E-state index in [4.69, 9.17) is 9.72 Å². The zero-order valence-electron chi connectivity index (χ0n) is 16.5. The van der Waals surface area contributed by atoms with Crippen LogP contribution in [0, 0.1) is 0 Å². The van der Waals surface area contributed by atoms with Gasteiger partial charge in [-0.05, 0) is 50.6 Å². The maximum absolute atomic E-state index is 13.3. The summed E-state index contributed by atoms with van der Waals surface area (Å²) in [7, 11) is 2.12. The lowest BCUT2D eigenvalue weighted by Crippen LogP contribution is -2.33. The van der Waals surface area contributed by atoms with E-state index in [1.165, 1.54) is 5.56 Å². The molecule has 0 unspecified atom stereocenters. The van der Waals surface area contributed by atoms with E-state index in [1.54, 1.807) is 0 Å². The number of hydrogen-bond acceptors (Lipinski definition) is 5. The van der Waals surface area contributed by atoms with Gasteiger partial charge in [0.05, 0.1) is 6.04 Å². The maximum atomic E-state index is 13.3. The highest BCUT2D eigenvalue weighted by Gasteiger charge is 2.34. The van der Waals surface area contributed by atoms with Crippen LogP contribution in [0.2, 0.25) is 0 Å². The topological polar surface area (TPSA) is 58.6 Å². The van der Waals surface area contributed by atoms with Crippen molar-refractivity contribution in [2.24, 2.45) is 0 Å². The Balaban J connectivity index is 1.40. The number of fused-ring (bicyclic) bond motifs is 2. The molecule has 2 atom stereocenters. The molecule has 0 radical (unpaired) electrons. The third kappa shape index (κ3) is 3.05. The van der Waals surface area contributed by atoms with Crippen LogP contribution in [0.4, 0.5) is 0 Å². The fourth-order valence-electron chi connectivity index (χ4n) is 4.63. The molecule has 4 heterocycles. The zero-order chi connectivity index (χ0) is 19.3. The van der Waals surface area contributed by atoms with Gasteiger partial charge in [0, 0.05) is 55.5 Å². The molecule has 0 bridgehead atoms. The Bertz CT molecular complexity index is 929. The van der Waals surface area contributed by atoms with Crippen LogP contribution in [-0.2, 0) is 19.4 Å². The normalized spacial score (nSPS) is 24.0. The fourth-order valence-corrected chi connectivity index (χ4v) is 4.63. The van der Waals surface area contributed by atoms with E-state index in [0.717, 1.165) is 73.7 Å². The van der Waals surface area contributed by atoms with Crippen molar-refractivity contribution in [2.75, 3.05) is 20.1 Å². The molecule has 0 saturated carbocycles. The Morgan fingerprint density at radius 3 is 3.04 bits per heavy atom. The molecule has 3 aliphatic heterocycles. The number of hydrogen-bond donors (Lipinski definition) is 0. The van der Waals surface area contributed by atoms with Crippen molar-refractivity contribution in [1.29, 1.82) is 0 Å². The van der Waals surface area contributed by atoms with Crippen LogP contribution in [0.25, 0.3) is 0 Å². The SMILES string of the molecule is C[C@H]1Cc2cc(C(=O)N3CCC[C@@H]3c3ncc4c(n3)CCN(C)C4)ccc2O1. The van der Waals surface area contributed by atoms with E-state index >= 15 is 0 Å². The molecule has 6 heteroatoms. The maximum Gasteiger partial charge on any atom is 0.254 e. The fraction of sp³-hybridized carbons (Fsp3) is 0.500. The van der Waals surface area contributed by atoms with E-state index in [0.29, 0.717) is 0 Å². The number of aromatic nitrogens is 2. The second-order valence-electron chi connectivity index (χ2n) is 8.30. The molecule has 1 amide bonds. The highest BCUT2D eigenvalue weighted by Crippen LogP contribution is 2.34. The van der Waals surface area contributed by atoms with Gasteiger partial charge in [0.1, 0.15) is 11.9 Å². The molecule has 28 heavy (non-hydrogen) atoms. The molecular formula is C22H26N4O2. The summed E-state index contributed by atoms with van der Waals surface area (Å²) in [6.45, 7) is 4.74. The van der Waals surface area contributed by atoms with Crippen LogP contribution in [0.3, 0.4) is 0 Å². The largest absolute Gasteiger partial charge is 0.490 e. The predicted molar refractivity (Wildman–Crippen MR) is 105 cm³/mol. The van der Waals surface area contributed by atoms with Gasteiger partial charge in [-0.15, -0.1) is 0 Å². The number of ether oxygens (including phenoxy) is 1. The van der Waals surface area contributed by atoms with Gasteiger partial charge in [0.15, 0.2) is 5.82 Å². The molecule has 6 nitrogen and oxygen atoms in total. The molecule has 0 N–H and O–H groups in total. The molecule has 5 rings (SSSR count). The monoisotopic (exact) mass is 378 g/mol. The highest BCUT2D eigenvalue weighted by molar-refractivity contribution is 5.95. The second kappa shape index (κ2) is 6.85. The molecule has 2 aromatic rings. The number of likely N-dealkylation sites (tertiary alicyclic amines) is 1. The van der Waals surface area contributed by atoms with Crippen LogP contribution in [0.5, 0.6) is 5.75 Å². The third-order valence-electron chi connectivity index (χ3n) is 6.10.